The van der Waals surface area contributed by atoms with Gasteiger partial charge in [-0.05, 0) is 61.9 Å². The lowest BCUT2D eigenvalue weighted by molar-refractivity contribution is -0.115. The van der Waals surface area contributed by atoms with Gasteiger partial charge in [0.1, 0.15) is 10.8 Å². The molecular weight excluding hydrogens is 549 g/mol. The van der Waals surface area contributed by atoms with Gasteiger partial charge >= 0.3 is 5.97 Å². The predicted molar refractivity (Wildman–Crippen MR) is 157 cm³/mol. The number of thioether (sulfide) groups is 1. The van der Waals surface area contributed by atoms with Crippen LogP contribution in [0.2, 0.25) is 0 Å². The van der Waals surface area contributed by atoms with Crippen LogP contribution in [-0.2, 0) is 9.53 Å². The van der Waals surface area contributed by atoms with Gasteiger partial charge in [0.05, 0.1) is 34.0 Å². The number of benzene rings is 3. The van der Waals surface area contributed by atoms with Crippen LogP contribution in [0.15, 0.2) is 94.9 Å². The molecular formula is C30H24FN3O4S2. The first-order chi connectivity index (χ1) is 19.4. The van der Waals surface area contributed by atoms with Gasteiger partial charge < -0.3 is 10.1 Å². The fraction of sp³-hybridized carbons (Fsp3) is 0.133. The summed E-state index contributed by atoms with van der Waals surface area (Å²) in [7, 11) is 0. The number of rotatable bonds is 8. The number of nitrogens with zero attached hydrogens (tertiary/aromatic N) is 2. The Bertz CT molecular complexity index is 1750. The maximum Gasteiger partial charge on any atom is 0.341 e. The number of para-hydroxylation sites is 1. The summed E-state index contributed by atoms with van der Waals surface area (Å²) in [5.74, 6) is -1.35. The third-order valence-electron chi connectivity index (χ3n) is 6.00. The zero-order chi connectivity index (χ0) is 28.2. The molecule has 1 atom stereocenters. The van der Waals surface area contributed by atoms with Crippen LogP contribution in [-0.4, -0.2) is 33.3 Å². The number of halogens is 1. The number of thiophene rings is 1. The number of esters is 1. The largest absolute Gasteiger partial charge is 0.462 e. The van der Waals surface area contributed by atoms with Crippen LogP contribution in [0, 0.1) is 5.82 Å². The lowest BCUT2D eigenvalue weighted by Crippen LogP contribution is -2.26. The SMILES string of the molecule is CCOC(=O)c1cc(-c2ccccc2)sc1NC(=O)[C@@H](C)Sc1nc2ccccc2c(=O)n1-c1ccc(F)cc1. The molecule has 2 heterocycles. The first kappa shape index (κ1) is 27.3. The summed E-state index contributed by atoms with van der Waals surface area (Å²) in [5.41, 5.74) is 1.75. The highest BCUT2D eigenvalue weighted by Gasteiger charge is 2.24. The monoisotopic (exact) mass is 573 g/mol. The second kappa shape index (κ2) is 11.8. The van der Waals surface area contributed by atoms with Gasteiger partial charge in [0.2, 0.25) is 5.91 Å². The molecule has 40 heavy (non-hydrogen) atoms. The normalized spacial score (nSPS) is 11.8. The van der Waals surface area contributed by atoms with E-state index in [4.69, 9.17) is 4.74 Å². The summed E-state index contributed by atoms with van der Waals surface area (Å²) in [5, 5.41) is 3.21. The fourth-order valence-electron chi connectivity index (χ4n) is 4.02. The Labute approximate surface area is 237 Å². The summed E-state index contributed by atoms with van der Waals surface area (Å²) in [4.78, 5) is 45.0. The lowest BCUT2D eigenvalue weighted by atomic mass is 10.1. The molecule has 0 aliphatic rings. The molecule has 0 spiro atoms. The van der Waals surface area contributed by atoms with Gasteiger partial charge in [-0.25, -0.2) is 14.2 Å². The molecule has 202 valence electrons. The number of carbonyl (C=O) groups is 2. The molecule has 0 radical (unpaired) electrons. The third kappa shape index (κ3) is 5.68. The Morgan fingerprint density at radius 2 is 1.75 bits per heavy atom. The first-order valence-corrected chi connectivity index (χ1v) is 14.2. The summed E-state index contributed by atoms with van der Waals surface area (Å²) in [6, 6.07) is 23.7. The minimum atomic E-state index is -0.711. The van der Waals surface area contributed by atoms with E-state index >= 15 is 0 Å². The molecule has 1 N–H and O–H groups in total. The van der Waals surface area contributed by atoms with Gasteiger partial charge in [-0.15, -0.1) is 11.3 Å². The van der Waals surface area contributed by atoms with Crippen LogP contribution in [0.4, 0.5) is 9.39 Å². The molecule has 2 aromatic heterocycles. The number of nitrogens with one attached hydrogen (secondary N) is 1. The minimum absolute atomic E-state index is 0.198. The molecule has 0 aliphatic heterocycles. The molecule has 0 bridgehead atoms. The third-order valence-corrected chi connectivity index (χ3v) is 8.16. The number of hydrogen-bond donors (Lipinski definition) is 1. The van der Waals surface area contributed by atoms with E-state index in [0.29, 0.717) is 21.6 Å². The number of fused-ring (bicyclic) bond motifs is 1. The summed E-state index contributed by atoms with van der Waals surface area (Å²) >= 11 is 2.36. The van der Waals surface area contributed by atoms with E-state index in [1.54, 1.807) is 44.2 Å². The maximum atomic E-state index is 13.6. The molecule has 3 aromatic carbocycles. The van der Waals surface area contributed by atoms with Gasteiger partial charge in [0, 0.05) is 4.88 Å². The Hall–Kier alpha value is -4.28. The number of carbonyl (C=O) groups excluding carboxylic acids is 2. The summed E-state index contributed by atoms with van der Waals surface area (Å²) in [6.45, 7) is 3.60. The molecule has 7 nitrogen and oxygen atoms in total. The van der Waals surface area contributed by atoms with Crippen molar-refractivity contribution in [3.8, 4) is 16.1 Å². The highest BCUT2D eigenvalue weighted by Crippen LogP contribution is 2.36. The number of ether oxygens (including phenoxy) is 1. The van der Waals surface area contributed by atoms with Gasteiger partial charge in [-0.1, -0.05) is 54.2 Å². The maximum absolute atomic E-state index is 13.6. The van der Waals surface area contributed by atoms with Crippen molar-refractivity contribution in [2.45, 2.75) is 24.3 Å². The Morgan fingerprint density at radius 3 is 2.48 bits per heavy atom. The van der Waals surface area contributed by atoms with E-state index in [1.165, 1.54) is 40.2 Å². The first-order valence-electron chi connectivity index (χ1n) is 12.5. The van der Waals surface area contributed by atoms with E-state index in [2.05, 4.69) is 10.3 Å². The zero-order valence-electron chi connectivity index (χ0n) is 21.6. The van der Waals surface area contributed by atoms with E-state index in [9.17, 15) is 18.8 Å². The van der Waals surface area contributed by atoms with Crippen LogP contribution < -0.4 is 10.9 Å². The molecule has 10 heteroatoms. The molecule has 0 fully saturated rings. The molecule has 0 saturated heterocycles. The average molecular weight is 574 g/mol. The van der Waals surface area contributed by atoms with Crippen LogP contribution in [0.3, 0.4) is 0 Å². The Morgan fingerprint density at radius 1 is 1.05 bits per heavy atom. The van der Waals surface area contributed by atoms with Gasteiger partial charge in [0.25, 0.3) is 5.56 Å². The van der Waals surface area contributed by atoms with Crippen molar-refractivity contribution in [2.24, 2.45) is 0 Å². The van der Waals surface area contributed by atoms with E-state index in [1.807, 2.05) is 30.3 Å². The minimum Gasteiger partial charge on any atom is -0.462 e. The van der Waals surface area contributed by atoms with Crippen LogP contribution >= 0.6 is 23.1 Å². The van der Waals surface area contributed by atoms with Gasteiger partial charge in [-0.2, -0.15) is 0 Å². The second-order valence-corrected chi connectivity index (χ2v) is 11.1. The van der Waals surface area contributed by atoms with Crippen molar-refractivity contribution in [2.75, 3.05) is 11.9 Å². The second-order valence-electron chi connectivity index (χ2n) is 8.72. The van der Waals surface area contributed by atoms with Crippen molar-refractivity contribution < 1.29 is 18.7 Å². The van der Waals surface area contributed by atoms with E-state index in [0.717, 1.165) is 22.2 Å². The molecule has 0 aliphatic carbocycles. The van der Waals surface area contributed by atoms with Gasteiger partial charge in [-0.3, -0.25) is 14.2 Å². The quantitative estimate of drug-likeness (QED) is 0.129. The summed E-state index contributed by atoms with van der Waals surface area (Å²) in [6.07, 6.45) is 0. The number of amides is 1. The number of aromatic nitrogens is 2. The van der Waals surface area contributed by atoms with Crippen molar-refractivity contribution in [3.63, 3.8) is 0 Å². The molecule has 0 unspecified atom stereocenters. The van der Waals surface area contributed by atoms with Crippen molar-refractivity contribution in [1.82, 2.24) is 9.55 Å². The summed E-state index contributed by atoms with van der Waals surface area (Å²) < 4.78 is 20.2. The topological polar surface area (TPSA) is 90.3 Å². The lowest BCUT2D eigenvalue weighted by Gasteiger charge is -2.16. The van der Waals surface area contributed by atoms with E-state index in [-0.39, 0.29) is 28.8 Å². The highest BCUT2D eigenvalue weighted by molar-refractivity contribution is 8.00. The molecule has 5 rings (SSSR count). The standard InChI is InChI=1S/C30H24FN3O4S2/c1-3-38-29(37)23-17-25(19-9-5-4-6-10-19)40-27(23)33-26(35)18(2)39-30-32-24-12-8-7-11-22(24)28(36)34(30)21-15-13-20(31)14-16-21/h4-18H,3H2,1-2H3,(H,33,35)/t18-/m1/s1. The van der Waals surface area contributed by atoms with Crippen molar-refractivity contribution in [3.05, 3.63) is 107 Å². The average Bonchev–Trinajstić information content (AvgIpc) is 3.38. The zero-order valence-corrected chi connectivity index (χ0v) is 23.2. The molecule has 0 saturated carbocycles. The van der Waals surface area contributed by atoms with Crippen molar-refractivity contribution in [1.29, 1.82) is 0 Å². The Kier molecular flexibility index (Phi) is 8.09. The van der Waals surface area contributed by atoms with Crippen LogP contribution in [0.5, 0.6) is 0 Å². The predicted octanol–water partition coefficient (Wildman–Crippen LogP) is 6.55. The van der Waals surface area contributed by atoms with Crippen molar-refractivity contribution >= 4 is 50.9 Å². The smallest absolute Gasteiger partial charge is 0.341 e. The fourth-order valence-corrected chi connectivity index (χ4v) is 6.00. The van der Waals surface area contributed by atoms with Crippen LogP contribution in [0.1, 0.15) is 24.2 Å². The Balaban J connectivity index is 1.47. The number of anilines is 1. The highest BCUT2D eigenvalue weighted by atomic mass is 32.2. The number of hydrogen-bond acceptors (Lipinski definition) is 7. The van der Waals surface area contributed by atoms with E-state index < -0.39 is 17.0 Å². The molecule has 1 amide bonds. The molecule has 5 aromatic rings. The van der Waals surface area contributed by atoms with Gasteiger partial charge in [0.15, 0.2) is 5.16 Å². The van der Waals surface area contributed by atoms with Crippen LogP contribution in [0.25, 0.3) is 27.0 Å².